The number of para-hydroxylation sites is 1. The summed E-state index contributed by atoms with van der Waals surface area (Å²) in [5, 5.41) is 1.19. The van der Waals surface area contributed by atoms with E-state index in [2.05, 4.69) is 46.6 Å². The van der Waals surface area contributed by atoms with E-state index in [1.807, 2.05) is 18.6 Å². The fourth-order valence-electron chi connectivity index (χ4n) is 2.27. The highest BCUT2D eigenvalue weighted by Gasteiger charge is 2.08. The van der Waals surface area contributed by atoms with Gasteiger partial charge >= 0.3 is 0 Å². The molecule has 3 rings (SSSR count). The molecule has 2 aromatic heterocycles. The number of benzene rings is 1. The van der Waals surface area contributed by atoms with Gasteiger partial charge in [-0.3, -0.25) is 4.98 Å². The fraction of sp³-hybridized carbons (Fsp3) is 0.333. The molecule has 92 valence electrons. The highest BCUT2D eigenvalue weighted by atomic mass is 15.0. The predicted octanol–water partition coefficient (Wildman–Crippen LogP) is 3.63. The van der Waals surface area contributed by atoms with Gasteiger partial charge in [0.25, 0.3) is 0 Å². The van der Waals surface area contributed by atoms with Crippen molar-refractivity contribution < 1.29 is 0 Å². The van der Waals surface area contributed by atoms with Crippen molar-refractivity contribution in [3.63, 3.8) is 0 Å². The zero-order valence-corrected chi connectivity index (χ0v) is 10.8. The lowest BCUT2D eigenvalue weighted by Gasteiger charge is -2.08. The van der Waals surface area contributed by atoms with Crippen LogP contribution in [0.3, 0.4) is 0 Å². The topological polar surface area (TPSA) is 30.7 Å². The SMILES string of the molecule is CC(C)CCn1cnc2cnc3ccccc3c21. The Balaban J connectivity index is 2.17. The first kappa shape index (κ1) is 11.2. The first-order chi connectivity index (χ1) is 8.75. The van der Waals surface area contributed by atoms with Crippen LogP contribution in [0.15, 0.2) is 36.8 Å². The lowest BCUT2D eigenvalue weighted by molar-refractivity contribution is 0.523. The summed E-state index contributed by atoms with van der Waals surface area (Å²) in [6.45, 7) is 5.51. The van der Waals surface area contributed by atoms with Gasteiger partial charge in [0.15, 0.2) is 0 Å². The minimum absolute atomic E-state index is 0.704. The Kier molecular flexibility index (Phi) is 2.74. The molecule has 0 fully saturated rings. The van der Waals surface area contributed by atoms with Gasteiger partial charge in [0.1, 0.15) is 5.52 Å². The summed E-state index contributed by atoms with van der Waals surface area (Å²) in [5.74, 6) is 0.704. The van der Waals surface area contributed by atoms with E-state index in [1.165, 1.54) is 17.3 Å². The zero-order chi connectivity index (χ0) is 12.5. The number of pyridine rings is 1. The highest BCUT2D eigenvalue weighted by molar-refractivity contribution is 6.01. The van der Waals surface area contributed by atoms with E-state index in [-0.39, 0.29) is 0 Å². The molecular formula is C15H17N3. The normalized spacial score (nSPS) is 11.7. The minimum Gasteiger partial charge on any atom is -0.330 e. The monoisotopic (exact) mass is 239 g/mol. The molecule has 0 radical (unpaired) electrons. The van der Waals surface area contributed by atoms with Crippen molar-refractivity contribution in [2.24, 2.45) is 5.92 Å². The Morgan fingerprint density at radius 1 is 1.11 bits per heavy atom. The molecule has 0 aliphatic heterocycles. The van der Waals surface area contributed by atoms with Crippen molar-refractivity contribution in [1.82, 2.24) is 14.5 Å². The average Bonchev–Trinajstić information content (AvgIpc) is 2.80. The van der Waals surface area contributed by atoms with Crippen molar-refractivity contribution in [1.29, 1.82) is 0 Å². The molecule has 0 unspecified atom stereocenters. The van der Waals surface area contributed by atoms with E-state index in [0.29, 0.717) is 5.92 Å². The van der Waals surface area contributed by atoms with Crippen molar-refractivity contribution in [3.05, 3.63) is 36.8 Å². The molecule has 0 spiro atoms. The maximum Gasteiger partial charge on any atom is 0.107 e. The smallest absolute Gasteiger partial charge is 0.107 e. The van der Waals surface area contributed by atoms with Crippen molar-refractivity contribution in [3.8, 4) is 0 Å². The summed E-state index contributed by atoms with van der Waals surface area (Å²) in [7, 11) is 0. The fourth-order valence-corrected chi connectivity index (χ4v) is 2.27. The number of fused-ring (bicyclic) bond motifs is 3. The second kappa shape index (κ2) is 4.41. The van der Waals surface area contributed by atoms with Crippen LogP contribution in [0.2, 0.25) is 0 Å². The van der Waals surface area contributed by atoms with Crippen LogP contribution in [0.4, 0.5) is 0 Å². The quantitative estimate of drug-likeness (QED) is 0.698. The van der Waals surface area contributed by atoms with E-state index in [9.17, 15) is 0 Å². The second-order valence-corrected chi connectivity index (χ2v) is 5.13. The van der Waals surface area contributed by atoms with Gasteiger partial charge in [0, 0.05) is 11.9 Å². The van der Waals surface area contributed by atoms with Crippen LogP contribution >= 0.6 is 0 Å². The Labute approximate surface area is 106 Å². The Morgan fingerprint density at radius 2 is 1.94 bits per heavy atom. The van der Waals surface area contributed by atoms with Gasteiger partial charge in [-0.05, 0) is 18.4 Å². The predicted molar refractivity (Wildman–Crippen MR) is 74.5 cm³/mol. The molecule has 0 saturated heterocycles. The average molecular weight is 239 g/mol. The molecule has 3 nitrogen and oxygen atoms in total. The maximum atomic E-state index is 4.45. The first-order valence-electron chi connectivity index (χ1n) is 6.44. The Hall–Kier alpha value is -1.90. The lowest BCUT2D eigenvalue weighted by Crippen LogP contribution is -2.00. The molecule has 0 atom stereocenters. The third kappa shape index (κ3) is 1.86. The summed E-state index contributed by atoms with van der Waals surface area (Å²) in [6.07, 6.45) is 4.97. The number of aryl methyl sites for hydroxylation is 1. The molecule has 3 heteroatoms. The Morgan fingerprint density at radius 3 is 2.78 bits per heavy atom. The van der Waals surface area contributed by atoms with Crippen LogP contribution in [0.5, 0.6) is 0 Å². The van der Waals surface area contributed by atoms with Crippen LogP contribution in [0.1, 0.15) is 20.3 Å². The molecule has 1 aromatic carbocycles. The van der Waals surface area contributed by atoms with Gasteiger partial charge in [-0.2, -0.15) is 0 Å². The minimum atomic E-state index is 0.704. The molecule has 0 amide bonds. The summed E-state index contributed by atoms with van der Waals surface area (Å²) < 4.78 is 2.25. The van der Waals surface area contributed by atoms with Crippen LogP contribution in [0, 0.1) is 5.92 Å². The van der Waals surface area contributed by atoms with Crippen LogP contribution < -0.4 is 0 Å². The van der Waals surface area contributed by atoms with Gasteiger partial charge in [-0.15, -0.1) is 0 Å². The van der Waals surface area contributed by atoms with Gasteiger partial charge < -0.3 is 4.57 Å². The third-order valence-electron chi connectivity index (χ3n) is 3.30. The van der Waals surface area contributed by atoms with E-state index < -0.39 is 0 Å². The molecule has 0 N–H and O–H groups in total. The molecular weight excluding hydrogens is 222 g/mol. The molecule has 0 bridgehead atoms. The van der Waals surface area contributed by atoms with Gasteiger partial charge in [0.2, 0.25) is 0 Å². The lowest BCUT2D eigenvalue weighted by atomic mass is 10.1. The zero-order valence-electron chi connectivity index (χ0n) is 10.8. The molecule has 3 aromatic rings. The van der Waals surface area contributed by atoms with E-state index in [0.717, 1.165) is 17.6 Å². The molecule has 18 heavy (non-hydrogen) atoms. The van der Waals surface area contributed by atoms with Crippen LogP contribution in [-0.2, 0) is 6.54 Å². The van der Waals surface area contributed by atoms with E-state index >= 15 is 0 Å². The van der Waals surface area contributed by atoms with Gasteiger partial charge in [-0.25, -0.2) is 4.98 Å². The number of hydrogen-bond acceptors (Lipinski definition) is 2. The third-order valence-corrected chi connectivity index (χ3v) is 3.30. The number of nitrogens with zero attached hydrogens (tertiary/aromatic N) is 3. The van der Waals surface area contributed by atoms with E-state index in [4.69, 9.17) is 0 Å². The summed E-state index contributed by atoms with van der Waals surface area (Å²) in [4.78, 5) is 8.89. The van der Waals surface area contributed by atoms with Crippen LogP contribution in [0.25, 0.3) is 21.9 Å². The summed E-state index contributed by atoms with van der Waals surface area (Å²) >= 11 is 0. The number of hydrogen-bond donors (Lipinski definition) is 0. The van der Waals surface area contributed by atoms with Gasteiger partial charge in [0.05, 0.1) is 23.6 Å². The largest absolute Gasteiger partial charge is 0.330 e. The second-order valence-electron chi connectivity index (χ2n) is 5.13. The van der Waals surface area contributed by atoms with Crippen LogP contribution in [-0.4, -0.2) is 14.5 Å². The molecule has 0 aliphatic rings. The molecule has 0 aliphatic carbocycles. The van der Waals surface area contributed by atoms with Crippen molar-refractivity contribution >= 4 is 21.9 Å². The maximum absolute atomic E-state index is 4.45. The standard InChI is InChI=1S/C15H17N3/c1-11(2)7-8-18-10-17-14-9-16-13-6-4-3-5-12(13)15(14)18/h3-6,9-11H,7-8H2,1-2H3. The number of aromatic nitrogens is 3. The Bertz CT molecular complexity index is 682. The van der Waals surface area contributed by atoms with E-state index in [1.54, 1.807) is 0 Å². The summed E-state index contributed by atoms with van der Waals surface area (Å²) in [6, 6.07) is 8.26. The van der Waals surface area contributed by atoms with Crippen molar-refractivity contribution in [2.45, 2.75) is 26.8 Å². The molecule has 2 heterocycles. The van der Waals surface area contributed by atoms with Gasteiger partial charge in [-0.1, -0.05) is 32.0 Å². The highest BCUT2D eigenvalue weighted by Crippen LogP contribution is 2.23. The number of rotatable bonds is 3. The summed E-state index contributed by atoms with van der Waals surface area (Å²) in [5.41, 5.74) is 3.23. The molecule has 0 saturated carbocycles. The van der Waals surface area contributed by atoms with Crippen molar-refractivity contribution in [2.75, 3.05) is 0 Å². The number of imidazole rings is 1. The first-order valence-corrected chi connectivity index (χ1v) is 6.44.